The Labute approximate surface area is 375 Å². The van der Waals surface area contributed by atoms with Crippen LogP contribution in [0.4, 0.5) is 26.3 Å². The van der Waals surface area contributed by atoms with Crippen molar-refractivity contribution in [3.05, 3.63) is 95.6 Å². The van der Waals surface area contributed by atoms with E-state index >= 15 is 0 Å². The molecule has 0 bridgehead atoms. The van der Waals surface area contributed by atoms with Crippen LogP contribution in [-0.2, 0) is 10.8 Å². The Kier molecular flexibility index (Phi) is 13.1. The van der Waals surface area contributed by atoms with Crippen LogP contribution in [0.5, 0.6) is 23.0 Å². The molecule has 0 unspecified atom stereocenters. The maximum absolute atomic E-state index is 13.3. The van der Waals surface area contributed by atoms with Gasteiger partial charge in [0.1, 0.15) is 46.5 Å². The average Bonchev–Trinajstić information content (AvgIpc) is 4.01. The molecule has 4 atom stereocenters. The molecule has 2 saturated carbocycles. The number of benzene rings is 2. The topological polar surface area (TPSA) is 153 Å². The first-order valence-electron chi connectivity index (χ1n) is 20.8. The fourth-order valence-corrected chi connectivity index (χ4v) is 7.55. The summed E-state index contributed by atoms with van der Waals surface area (Å²) in [4.78, 5) is 25.6. The van der Waals surface area contributed by atoms with Crippen LogP contribution in [0.3, 0.4) is 0 Å². The van der Waals surface area contributed by atoms with E-state index in [0.29, 0.717) is 33.3 Å². The van der Waals surface area contributed by atoms with Gasteiger partial charge in [0.25, 0.3) is 0 Å². The summed E-state index contributed by atoms with van der Waals surface area (Å²) >= 11 is 0. The second-order valence-corrected chi connectivity index (χ2v) is 17.2. The Bertz CT molecular complexity index is 2720. The summed E-state index contributed by atoms with van der Waals surface area (Å²) in [6.45, 7) is 0.844. The largest absolute Gasteiger partial charge is 0.496 e. The van der Waals surface area contributed by atoms with Crippen LogP contribution in [-0.4, -0.2) is 70.6 Å². The van der Waals surface area contributed by atoms with Crippen LogP contribution >= 0.6 is 0 Å². The van der Waals surface area contributed by atoms with Gasteiger partial charge in [0.15, 0.2) is 11.6 Å². The van der Waals surface area contributed by atoms with Crippen molar-refractivity contribution in [2.75, 3.05) is 14.2 Å². The third kappa shape index (κ3) is 9.78. The summed E-state index contributed by atoms with van der Waals surface area (Å²) in [6.07, 6.45) is 4.83. The number of methoxy groups -OCH3 is 2. The van der Waals surface area contributed by atoms with Crippen molar-refractivity contribution in [3.63, 3.8) is 0 Å². The minimum Gasteiger partial charge on any atom is -0.496 e. The molecule has 0 N–H and O–H groups in total. The minimum absolute atomic E-state index is 0.0609. The average molecular weight is 915 g/mol. The van der Waals surface area contributed by atoms with Crippen LogP contribution in [0.15, 0.2) is 73.3 Å². The predicted octanol–water partition coefficient (Wildman–Crippen LogP) is 10.7. The fourth-order valence-electron chi connectivity index (χ4n) is 7.55. The molecule has 344 valence electrons. The molecule has 0 spiro atoms. The number of carbonyl (C=O) groups excluding carboxylic acids is 2. The van der Waals surface area contributed by atoms with Gasteiger partial charge in [-0.2, -0.15) is 38.3 Å². The molecule has 6 aromatic rings. The smallest absolute Gasteiger partial charge is 0.387 e. The van der Waals surface area contributed by atoms with E-state index < -0.39 is 59.8 Å². The van der Waals surface area contributed by atoms with Gasteiger partial charge in [-0.1, -0.05) is 12.1 Å². The first-order valence-corrected chi connectivity index (χ1v) is 20.8. The fraction of sp³-hybridized carbons (Fsp3) is 0.375. The van der Waals surface area contributed by atoms with Crippen molar-refractivity contribution in [1.82, 2.24) is 19.2 Å². The first kappa shape index (κ1) is 46.9. The number of carbonyl (C=O) groups is 2. The molecular formula is C48H44F6N6O6. The van der Waals surface area contributed by atoms with E-state index in [1.54, 1.807) is 97.9 Å². The van der Waals surface area contributed by atoms with Crippen LogP contribution in [0.25, 0.3) is 33.3 Å². The third-order valence-corrected chi connectivity index (χ3v) is 11.8. The maximum Gasteiger partial charge on any atom is 0.387 e. The van der Waals surface area contributed by atoms with Crippen molar-refractivity contribution in [3.8, 4) is 57.4 Å². The van der Waals surface area contributed by atoms with Gasteiger partial charge in [-0.3, -0.25) is 9.59 Å². The lowest BCUT2D eigenvalue weighted by atomic mass is 9.87. The molecule has 8 rings (SSSR count). The zero-order chi connectivity index (χ0) is 47.8. The Hall–Kier alpha value is -7.08. The van der Waals surface area contributed by atoms with Crippen LogP contribution < -0.4 is 18.9 Å². The van der Waals surface area contributed by atoms with Gasteiger partial charge in [-0.05, 0) is 99.2 Å². The Morgan fingerprint density at radius 3 is 1.32 bits per heavy atom. The highest BCUT2D eigenvalue weighted by atomic mass is 19.3. The van der Waals surface area contributed by atoms with Crippen LogP contribution in [0, 0.1) is 34.5 Å². The molecule has 0 radical (unpaired) electrons. The molecule has 18 heteroatoms. The van der Waals surface area contributed by atoms with Crippen LogP contribution in [0.1, 0.15) is 85.2 Å². The second kappa shape index (κ2) is 18.4. The van der Waals surface area contributed by atoms with Gasteiger partial charge in [-0.15, -0.1) is 0 Å². The van der Waals surface area contributed by atoms with Gasteiger partial charge < -0.3 is 18.9 Å². The molecule has 0 aliphatic heterocycles. The van der Waals surface area contributed by atoms with Gasteiger partial charge in [0.05, 0.1) is 60.6 Å². The number of aromatic nitrogens is 4. The molecule has 0 saturated heterocycles. The highest BCUT2D eigenvalue weighted by Gasteiger charge is 2.41. The summed E-state index contributed by atoms with van der Waals surface area (Å²) in [5.41, 5.74) is 3.26. The normalized spacial score (nSPS) is 17.8. The zero-order valence-electron chi connectivity index (χ0n) is 36.6. The van der Waals surface area contributed by atoms with Crippen molar-refractivity contribution in [2.24, 2.45) is 11.8 Å². The SMILES string of the molecule is COc1cc(-c2cnn3cc(C(C)(C)C#N)ccc23)cc(OC(F)F)c1C(=O)C[C@@H]1C[C@H]1F.COc1cc(-c2cnn3cc(C(C)(C)C#N)ccc23)cc(OC(F)F)c1C(=O)C[C@H]1C[C@@H]1F. The number of nitriles is 2. The number of nitrogens with zero attached hydrogens (tertiary/aromatic N) is 6. The molecule has 66 heavy (non-hydrogen) atoms. The minimum atomic E-state index is -3.16. The molecule has 12 nitrogen and oxygen atoms in total. The number of pyridine rings is 2. The van der Waals surface area contributed by atoms with E-state index in [0.717, 1.165) is 11.1 Å². The summed E-state index contributed by atoms with van der Waals surface area (Å²) in [6, 6.07) is 17.4. The van der Waals surface area contributed by atoms with E-state index in [2.05, 4.69) is 31.8 Å². The third-order valence-electron chi connectivity index (χ3n) is 11.8. The Balaban J connectivity index is 0.000000196. The number of Topliss-reactive ketones (excluding diaryl/α,β-unsaturated/α-hetero) is 2. The van der Waals surface area contributed by atoms with Crippen molar-refractivity contribution < 1.29 is 54.9 Å². The lowest BCUT2D eigenvalue weighted by Crippen LogP contribution is -2.14. The highest BCUT2D eigenvalue weighted by Crippen LogP contribution is 2.44. The number of alkyl halides is 6. The van der Waals surface area contributed by atoms with Gasteiger partial charge >= 0.3 is 13.2 Å². The number of ether oxygens (including phenoxy) is 4. The number of rotatable bonds is 16. The van der Waals surface area contributed by atoms with Crippen molar-refractivity contribution in [1.29, 1.82) is 10.5 Å². The van der Waals surface area contributed by atoms with E-state index in [9.17, 15) is 46.5 Å². The first-order chi connectivity index (χ1) is 31.3. The Morgan fingerprint density at radius 1 is 0.667 bits per heavy atom. The number of hydrogen-bond donors (Lipinski definition) is 0. The van der Waals surface area contributed by atoms with E-state index in [1.165, 1.54) is 26.4 Å². The maximum atomic E-state index is 13.3. The monoisotopic (exact) mass is 914 g/mol. The van der Waals surface area contributed by atoms with Gasteiger partial charge in [0.2, 0.25) is 0 Å². The molecule has 0 amide bonds. The van der Waals surface area contributed by atoms with E-state index in [-0.39, 0.29) is 59.8 Å². The number of hydrogen-bond acceptors (Lipinski definition) is 10. The van der Waals surface area contributed by atoms with Gasteiger partial charge in [-0.25, -0.2) is 17.8 Å². The lowest BCUT2D eigenvalue weighted by Gasteiger charge is -2.16. The zero-order valence-corrected chi connectivity index (χ0v) is 36.6. The number of halogens is 6. The summed E-state index contributed by atoms with van der Waals surface area (Å²) in [5, 5.41) is 27.4. The van der Waals surface area contributed by atoms with E-state index in [1.807, 2.05) is 0 Å². The van der Waals surface area contributed by atoms with Crippen molar-refractivity contribution >= 4 is 22.6 Å². The Morgan fingerprint density at radius 2 is 1.02 bits per heavy atom. The van der Waals surface area contributed by atoms with Crippen molar-refractivity contribution in [2.45, 2.75) is 89.8 Å². The summed E-state index contributed by atoms with van der Waals surface area (Å²) in [7, 11) is 2.65. The number of fused-ring (bicyclic) bond motifs is 2. The second-order valence-electron chi connectivity index (χ2n) is 17.2. The van der Waals surface area contributed by atoms with Gasteiger partial charge in [0, 0.05) is 48.2 Å². The van der Waals surface area contributed by atoms with Crippen LogP contribution in [0.2, 0.25) is 0 Å². The molecule has 2 aliphatic carbocycles. The molecule has 2 fully saturated rings. The molecule has 2 aromatic carbocycles. The quantitative estimate of drug-likeness (QED) is 0.0677. The molecule has 4 aromatic heterocycles. The van der Waals surface area contributed by atoms with E-state index in [4.69, 9.17) is 9.47 Å². The number of ketones is 2. The molecule has 2 aliphatic rings. The summed E-state index contributed by atoms with van der Waals surface area (Å²) < 4.78 is 103. The highest BCUT2D eigenvalue weighted by molar-refractivity contribution is 6.04. The molecule has 4 heterocycles. The molecular weight excluding hydrogens is 871 g/mol. The summed E-state index contributed by atoms with van der Waals surface area (Å²) in [5.74, 6) is -2.38. The predicted molar refractivity (Wildman–Crippen MR) is 229 cm³/mol. The lowest BCUT2D eigenvalue weighted by molar-refractivity contribution is -0.0509. The standard InChI is InChI=1S/2C24H22F3N3O3/c2*1-24(2,12-28)15-4-5-18-16(10-29-30(18)11-15)13-8-20(32-3)22(21(9-13)33-23(26)27)19(31)7-14-6-17(14)25/h2*4-5,8-11,14,17,23H,6-7H2,1-3H3/t2*14-,17+/m10/s1.